The minimum atomic E-state index is -0.221. The van der Waals surface area contributed by atoms with Gasteiger partial charge in [-0.15, -0.1) is 0 Å². The second-order valence-corrected chi connectivity index (χ2v) is 3.66. The first-order valence-electron chi connectivity index (χ1n) is 4.73. The highest BCUT2D eigenvalue weighted by atomic mass is 16.2. The van der Waals surface area contributed by atoms with Crippen molar-refractivity contribution in [1.82, 2.24) is 5.32 Å². The largest absolute Gasteiger partial charge is 0.334 e. The maximum absolute atomic E-state index is 11.4. The van der Waals surface area contributed by atoms with E-state index < -0.39 is 0 Å². The van der Waals surface area contributed by atoms with Crippen molar-refractivity contribution >= 4 is 17.5 Å². The molecule has 2 N–H and O–H groups in total. The number of fused-ring (bicyclic) bond motifs is 2. The molecule has 0 saturated heterocycles. The summed E-state index contributed by atoms with van der Waals surface area (Å²) in [5.41, 5.74) is 3.41. The summed E-state index contributed by atoms with van der Waals surface area (Å²) >= 11 is 0. The summed E-state index contributed by atoms with van der Waals surface area (Å²) in [6, 6.07) is 3.47. The van der Waals surface area contributed by atoms with Crippen LogP contribution in [0.25, 0.3) is 0 Å². The third kappa shape index (κ3) is 1.21. The molecule has 1 aromatic rings. The number of hydrogen-bond donors (Lipinski definition) is 2. The first kappa shape index (κ1) is 8.47. The van der Waals surface area contributed by atoms with E-state index in [0.29, 0.717) is 18.5 Å². The Balaban J connectivity index is 2.14. The van der Waals surface area contributed by atoms with E-state index in [1.54, 1.807) is 6.07 Å². The lowest BCUT2D eigenvalue weighted by Crippen LogP contribution is -2.33. The van der Waals surface area contributed by atoms with Crippen LogP contribution in [0, 0.1) is 6.42 Å². The number of carbonyl (C=O) groups excluding carboxylic acids is 2. The Morgan fingerprint density at radius 2 is 2.07 bits per heavy atom. The molecule has 1 aliphatic carbocycles. The fourth-order valence-electron chi connectivity index (χ4n) is 1.93. The molecule has 1 aromatic carbocycles. The number of urea groups is 1. The number of amides is 2. The van der Waals surface area contributed by atoms with Crippen molar-refractivity contribution in [3.63, 3.8) is 0 Å². The zero-order valence-electron chi connectivity index (χ0n) is 7.89. The van der Waals surface area contributed by atoms with Gasteiger partial charge in [0, 0.05) is 17.8 Å². The lowest BCUT2D eigenvalue weighted by atomic mass is 10.0. The Labute approximate surface area is 86.7 Å². The average molecular weight is 200 g/mol. The van der Waals surface area contributed by atoms with Gasteiger partial charge in [-0.05, 0) is 23.6 Å². The molecule has 1 heterocycles. The van der Waals surface area contributed by atoms with Gasteiger partial charge in [0.1, 0.15) is 0 Å². The van der Waals surface area contributed by atoms with E-state index in [9.17, 15) is 9.59 Å². The third-order valence-corrected chi connectivity index (χ3v) is 2.70. The second-order valence-electron chi connectivity index (χ2n) is 3.66. The molecule has 1 aliphatic heterocycles. The predicted octanol–water partition coefficient (Wildman–Crippen LogP) is 1.14. The maximum atomic E-state index is 11.4. The molecule has 0 saturated carbocycles. The summed E-state index contributed by atoms with van der Waals surface area (Å²) in [5.74, 6) is -0.0689. The van der Waals surface area contributed by atoms with E-state index in [-0.39, 0.29) is 11.8 Å². The van der Waals surface area contributed by atoms with Crippen LogP contribution in [0.5, 0.6) is 0 Å². The number of Topliss-reactive ketones (excluding diaryl/α,β-unsaturated/α-hetero) is 1. The van der Waals surface area contributed by atoms with Crippen LogP contribution in [-0.2, 0) is 13.0 Å². The molecule has 4 nitrogen and oxygen atoms in total. The second kappa shape index (κ2) is 2.82. The van der Waals surface area contributed by atoms with Gasteiger partial charge in [-0.3, -0.25) is 4.79 Å². The Hall–Kier alpha value is -1.84. The Bertz CT molecular complexity index is 480. The average Bonchev–Trinajstić information content (AvgIpc) is 2.57. The van der Waals surface area contributed by atoms with Crippen molar-refractivity contribution in [2.24, 2.45) is 0 Å². The molecule has 0 bridgehead atoms. The van der Waals surface area contributed by atoms with Crippen LogP contribution in [0.2, 0.25) is 0 Å². The fourth-order valence-corrected chi connectivity index (χ4v) is 1.93. The summed E-state index contributed by atoms with van der Waals surface area (Å²) in [6.07, 6.45) is 3.33. The van der Waals surface area contributed by atoms with Gasteiger partial charge in [-0.1, -0.05) is 6.07 Å². The molecular formula is C11H8N2O2. The standard InChI is InChI=1S/C11H8N2O2/c14-10-2-1-6-3-7-5-12-11(15)13-9(7)4-8(6)10/h3-4H,1,5H2,(H2,12,13,15). The summed E-state index contributed by atoms with van der Waals surface area (Å²) in [7, 11) is 0. The van der Waals surface area contributed by atoms with E-state index in [1.165, 1.54) is 0 Å². The van der Waals surface area contributed by atoms with Gasteiger partial charge in [-0.2, -0.15) is 0 Å². The van der Waals surface area contributed by atoms with Crippen molar-refractivity contribution in [2.45, 2.75) is 13.0 Å². The quantitative estimate of drug-likeness (QED) is 0.659. The zero-order chi connectivity index (χ0) is 10.4. The monoisotopic (exact) mass is 200 g/mol. The normalized spacial score (nSPS) is 17.9. The van der Waals surface area contributed by atoms with Crippen LogP contribution in [-0.4, -0.2) is 11.8 Å². The van der Waals surface area contributed by atoms with E-state index >= 15 is 0 Å². The van der Waals surface area contributed by atoms with Crippen molar-refractivity contribution in [2.75, 3.05) is 5.32 Å². The maximum Gasteiger partial charge on any atom is 0.319 e. The van der Waals surface area contributed by atoms with Crippen LogP contribution in [0.3, 0.4) is 0 Å². The Morgan fingerprint density at radius 3 is 2.93 bits per heavy atom. The molecular weight excluding hydrogens is 192 g/mol. The molecule has 0 atom stereocenters. The Morgan fingerprint density at radius 1 is 1.20 bits per heavy atom. The highest BCUT2D eigenvalue weighted by molar-refractivity contribution is 6.08. The number of hydrogen-bond acceptors (Lipinski definition) is 2. The van der Waals surface area contributed by atoms with Gasteiger partial charge >= 0.3 is 6.03 Å². The van der Waals surface area contributed by atoms with Gasteiger partial charge in [0.15, 0.2) is 5.78 Å². The summed E-state index contributed by atoms with van der Waals surface area (Å²) in [4.78, 5) is 22.5. The summed E-state index contributed by atoms with van der Waals surface area (Å²) in [5, 5.41) is 5.37. The lowest BCUT2D eigenvalue weighted by Gasteiger charge is -2.19. The molecule has 2 aliphatic rings. The van der Waals surface area contributed by atoms with Crippen molar-refractivity contribution < 1.29 is 9.59 Å². The first-order valence-corrected chi connectivity index (χ1v) is 4.73. The molecule has 2 amide bonds. The minimum absolute atomic E-state index is 0.0689. The number of rotatable bonds is 0. The fraction of sp³-hybridized carbons (Fsp3) is 0.182. The number of benzene rings is 1. The van der Waals surface area contributed by atoms with Gasteiger partial charge in [0.2, 0.25) is 0 Å². The molecule has 3 rings (SSSR count). The summed E-state index contributed by atoms with van der Waals surface area (Å²) in [6.45, 7) is 0.517. The van der Waals surface area contributed by atoms with Gasteiger partial charge < -0.3 is 10.6 Å². The number of carbonyl (C=O) groups is 2. The lowest BCUT2D eigenvalue weighted by molar-refractivity contribution is 0.103. The highest BCUT2D eigenvalue weighted by Gasteiger charge is 2.24. The van der Waals surface area contributed by atoms with Crippen molar-refractivity contribution in [3.05, 3.63) is 35.2 Å². The van der Waals surface area contributed by atoms with Crippen LogP contribution in [0.4, 0.5) is 10.5 Å². The van der Waals surface area contributed by atoms with E-state index in [0.717, 1.165) is 16.8 Å². The molecule has 4 heteroatoms. The molecule has 2 radical (unpaired) electrons. The molecule has 0 unspecified atom stereocenters. The molecule has 74 valence electrons. The van der Waals surface area contributed by atoms with Gasteiger partial charge in [0.25, 0.3) is 0 Å². The smallest absolute Gasteiger partial charge is 0.319 e. The molecule has 0 aromatic heterocycles. The van der Waals surface area contributed by atoms with Crippen molar-refractivity contribution in [1.29, 1.82) is 0 Å². The van der Waals surface area contributed by atoms with E-state index in [2.05, 4.69) is 17.1 Å². The number of ketones is 1. The van der Waals surface area contributed by atoms with Crippen LogP contribution < -0.4 is 10.6 Å². The molecule has 0 spiro atoms. The number of anilines is 1. The van der Waals surface area contributed by atoms with E-state index in [1.807, 2.05) is 6.07 Å². The predicted molar refractivity (Wildman–Crippen MR) is 53.6 cm³/mol. The third-order valence-electron chi connectivity index (χ3n) is 2.70. The topological polar surface area (TPSA) is 58.2 Å². The van der Waals surface area contributed by atoms with E-state index in [4.69, 9.17) is 0 Å². The van der Waals surface area contributed by atoms with Gasteiger partial charge in [0.05, 0.1) is 6.42 Å². The van der Waals surface area contributed by atoms with Crippen LogP contribution in [0.15, 0.2) is 12.1 Å². The minimum Gasteiger partial charge on any atom is -0.334 e. The van der Waals surface area contributed by atoms with Gasteiger partial charge in [-0.25, -0.2) is 4.79 Å². The summed E-state index contributed by atoms with van der Waals surface area (Å²) < 4.78 is 0. The Kier molecular flexibility index (Phi) is 1.59. The highest BCUT2D eigenvalue weighted by Crippen LogP contribution is 2.29. The molecule has 0 fully saturated rings. The van der Waals surface area contributed by atoms with Crippen LogP contribution >= 0.6 is 0 Å². The van der Waals surface area contributed by atoms with Crippen LogP contribution in [0.1, 0.15) is 21.5 Å². The SMILES string of the molecule is O=C1NCc2cc3c(cc2N1)C(=O)[C]C3. The van der Waals surface area contributed by atoms with Crippen molar-refractivity contribution in [3.8, 4) is 0 Å². The first-order chi connectivity index (χ1) is 7.24. The zero-order valence-corrected chi connectivity index (χ0v) is 7.89. The number of nitrogens with one attached hydrogen (secondary N) is 2. The molecule has 15 heavy (non-hydrogen) atoms.